The number of allylic oxidation sites excluding steroid dienone is 1. The molecule has 0 aliphatic heterocycles. The molecule has 0 bridgehead atoms. The lowest BCUT2D eigenvalue weighted by atomic mass is 10.3. The van der Waals surface area contributed by atoms with E-state index in [4.69, 9.17) is 5.11 Å². The Morgan fingerprint density at radius 2 is 2.31 bits per heavy atom. The Morgan fingerprint density at radius 1 is 1.69 bits per heavy atom. The number of rotatable bonds is 2. The minimum absolute atomic E-state index is 0.0504. The average molecular weight is 243 g/mol. The molecule has 0 aliphatic rings. The van der Waals surface area contributed by atoms with Gasteiger partial charge in [-0.25, -0.2) is 4.79 Å². The summed E-state index contributed by atoms with van der Waals surface area (Å²) in [5.74, 6) is -1.09. The van der Waals surface area contributed by atoms with Gasteiger partial charge in [0.25, 0.3) is 0 Å². The van der Waals surface area contributed by atoms with Crippen LogP contribution in [0.5, 0.6) is 0 Å². The third-order valence-corrected chi connectivity index (χ3v) is 1.62. The summed E-state index contributed by atoms with van der Waals surface area (Å²) in [5, 5.41) is 15.7. The van der Waals surface area contributed by atoms with E-state index in [9.17, 15) is 4.79 Å². The van der Waals surface area contributed by atoms with Crippen LogP contribution in [-0.4, -0.2) is 21.3 Å². The molecule has 0 amide bonds. The van der Waals surface area contributed by atoms with E-state index in [0.717, 1.165) is 0 Å². The van der Waals surface area contributed by atoms with Crippen LogP contribution >= 0.6 is 15.9 Å². The number of carbonyl (C=O) groups is 1. The number of hydrogen-bond acceptors (Lipinski definition) is 2. The molecule has 0 spiro atoms. The van der Waals surface area contributed by atoms with E-state index < -0.39 is 5.97 Å². The summed E-state index contributed by atoms with van der Waals surface area (Å²) < 4.78 is 0.571. The smallest absolute Gasteiger partial charge is 0.357 e. The van der Waals surface area contributed by atoms with E-state index in [-0.39, 0.29) is 5.69 Å². The number of carboxylic acid groups (broad SMARTS) is 1. The van der Waals surface area contributed by atoms with Crippen LogP contribution in [0, 0.1) is 0 Å². The molecular weight excluding hydrogens is 236 g/mol. The number of carboxylic acids is 1. The van der Waals surface area contributed by atoms with Crippen LogP contribution in [0.1, 0.15) is 10.5 Å². The van der Waals surface area contributed by atoms with E-state index in [1.807, 2.05) is 0 Å². The number of nitrogens with one attached hydrogen (secondary N) is 1. The van der Waals surface area contributed by atoms with Crippen molar-refractivity contribution in [1.82, 2.24) is 10.2 Å². The highest BCUT2D eigenvalue weighted by Gasteiger charge is 2.08. The molecule has 0 aliphatic carbocycles. The van der Waals surface area contributed by atoms with Crippen molar-refractivity contribution < 1.29 is 9.90 Å². The zero-order chi connectivity index (χ0) is 10.0. The fourth-order valence-corrected chi connectivity index (χ4v) is 1.09. The van der Waals surface area contributed by atoms with Crippen LogP contribution in [-0.2, 0) is 0 Å². The second-order valence-corrected chi connectivity index (χ2v) is 3.38. The van der Waals surface area contributed by atoms with Crippen LogP contribution in [0.15, 0.2) is 11.1 Å². The number of hydrogen-bond donors (Lipinski definition) is 2. The molecule has 0 aromatic carbocycles. The number of halogens is 1. The SMILES string of the molecule is C=C(Br)/C=c1/c(C(=O)O)n[nH]c1=C. The fourth-order valence-electron chi connectivity index (χ4n) is 0.862. The average Bonchev–Trinajstić information content (AvgIpc) is 2.32. The number of nitrogens with zero attached hydrogens (tertiary/aromatic N) is 1. The monoisotopic (exact) mass is 242 g/mol. The number of aromatic carboxylic acids is 1. The zero-order valence-electron chi connectivity index (χ0n) is 6.67. The molecule has 1 heterocycles. The molecule has 1 rings (SSSR count). The van der Waals surface area contributed by atoms with Crippen LogP contribution < -0.4 is 10.6 Å². The highest BCUT2D eigenvalue weighted by Crippen LogP contribution is 2.00. The van der Waals surface area contributed by atoms with E-state index in [2.05, 4.69) is 39.3 Å². The molecule has 0 radical (unpaired) electrons. The molecule has 5 heteroatoms. The molecule has 13 heavy (non-hydrogen) atoms. The van der Waals surface area contributed by atoms with E-state index >= 15 is 0 Å². The topological polar surface area (TPSA) is 66.0 Å². The first-order valence-corrected chi connectivity index (χ1v) is 4.14. The summed E-state index contributed by atoms with van der Waals surface area (Å²) in [4.78, 5) is 10.6. The van der Waals surface area contributed by atoms with Gasteiger partial charge in [-0.15, -0.1) is 0 Å². The van der Waals surface area contributed by atoms with Crippen LogP contribution in [0.25, 0.3) is 12.7 Å². The van der Waals surface area contributed by atoms with Crippen LogP contribution in [0.3, 0.4) is 0 Å². The predicted molar refractivity (Wildman–Crippen MR) is 52.9 cm³/mol. The summed E-state index contributed by atoms with van der Waals surface area (Å²) in [7, 11) is 0. The first-order valence-electron chi connectivity index (χ1n) is 3.35. The molecular formula is C8H7BrN2O2. The molecule has 68 valence electrons. The van der Waals surface area contributed by atoms with E-state index in [0.29, 0.717) is 15.1 Å². The van der Waals surface area contributed by atoms with Gasteiger partial charge in [-0.2, -0.15) is 5.10 Å². The second-order valence-electron chi connectivity index (χ2n) is 2.36. The Hall–Kier alpha value is -1.36. The van der Waals surface area contributed by atoms with Gasteiger partial charge in [0.05, 0.1) is 5.35 Å². The summed E-state index contributed by atoms with van der Waals surface area (Å²) in [6, 6.07) is 0. The van der Waals surface area contributed by atoms with Gasteiger partial charge < -0.3 is 5.11 Å². The molecule has 4 nitrogen and oxygen atoms in total. The van der Waals surface area contributed by atoms with Crippen molar-refractivity contribution in [1.29, 1.82) is 0 Å². The van der Waals surface area contributed by atoms with Gasteiger partial charge in [-0.05, 0) is 6.08 Å². The van der Waals surface area contributed by atoms with Crippen molar-refractivity contribution in [2.75, 3.05) is 0 Å². The molecule has 0 saturated heterocycles. The number of aromatic nitrogens is 2. The Morgan fingerprint density at radius 3 is 2.77 bits per heavy atom. The van der Waals surface area contributed by atoms with E-state index in [1.165, 1.54) is 0 Å². The molecule has 2 N–H and O–H groups in total. The summed E-state index contributed by atoms with van der Waals surface area (Å²) in [5.41, 5.74) is -0.0504. The van der Waals surface area contributed by atoms with Gasteiger partial charge in [0.15, 0.2) is 5.69 Å². The summed E-state index contributed by atoms with van der Waals surface area (Å²) in [6.45, 7) is 7.17. The first-order chi connectivity index (χ1) is 6.02. The van der Waals surface area contributed by atoms with Gasteiger partial charge in [0.1, 0.15) is 0 Å². The van der Waals surface area contributed by atoms with Crippen molar-refractivity contribution in [2.45, 2.75) is 0 Å². The lowest BCUT2D eigenvalue weighted by Gasteiger charge is -1.85. The first kappa shape index (κ1) is 9.73. The predicted octanol–water partition coefficient (Wildman–Crippen LogP) is 0.207. The van der Waals surface area contributed by atoms with Gasteiger partial charge in [0, 0.05) is 9.70 Å². The van der Waals surface area contributed by atoms with Crippen molar-refractivity contribution >= 4 is 34.6 Å². The van der Waals surface area contributed by atoms with Gasteiger partial charge in [-0.3, -0.25) is 5.10 Å². The van der Waals surface area contributed by atoms with Crippen molar-refractivity contribution in [3.05, 3.63) is 27.3 Å². The fraction of sp³-hybridized carbons (Fsp3) is 0. The second kappa shape index (κ2) is 3.57. The standard InChI is InChI=1S/C8H7BrN2O2/c1-4(9)3-6-5(2)10-11-7(6)8(12)13/h3,10H,1-2H2,(H,12,13)/b6-3+. The third kappa shape index (κ3) is 2.06. The number of aromatic amines is 1. The Labute approximate surface area is 82.4 Å². The largest absolute Gasteiger partial charge is 0.476 e. The molecule has 1 aromatic rings. The maximum atomic E-state index is 10.6. The maximum Gasteiger partial charge on any atom is 0.357 e. The van der Waals surface area contributed by atoms with Gasteiger partial charge >= 0.3 is 5.97 Å². The van der Waals surface area contributed by atoms with Crippen LogP contribution in [0.4, 0.5) is 0 Å². The Balaban J connectivity index is 3.50. The van der Waals surface area contributed by atoms with Crippen molar-refractivity contribution in [3.8, 4) is 0 Å². The quantitative estimate of drug-likeness (QED) is 0.780. The lowest BCUT2D eigenvalue weighted by Crippen LogP contribution is -2.25. The normalized spacial score (nSPS) is 11.6. The van der Waals surface area contributed by atoms with E-state index in [1.54, 1.807) is 6.08 Å². The van der Waals surface area contributed by atoms with Crippen molar-refractivity contribution in [3.63, 3.8) is 0 Å². The Bertz CT molecular complexity index is 461. The lowest BCUT2D eigenvalue weighted by molar-refractivity contribution is 0.0689. The van der Waals surface area contributed by atoms with Crippen LogP contribution in [0.2, 0.25) is 0 Å². The van der Waals surface area contributed by atoms with Gasteiger partial charge in [-0.1, -0.05) is 29.1 Å². The number of H-pyrrole nitrogens is 1. The minimum Gasteiger partial charge on any atom is -0.476 e. The molecule has 0 atom stereocenters. The highest BCUT2D eigenvalue weighted by atomic mass is 79.9. The molecule has 0 saturated carbocycles. The molecule has 1 aromatic heterocycles. The third-order valence-electron chi connectivity index (χ3n) is 1.39. The summed E-state index contributed by atoms with van der Waals surface area (Å²) in [6.07, 6.45) is 1.55. The maximum absolute atomic E-state index is 10.6. The highest BCUT2D eigenvalue weighted by molar-refractivity contribution is 9.12. The Kier molecular flexibility index (Phi) is 2.67. The van der Waals surface area contributed by atoms with Crippen molar-refractivity contribution in [2.24, 2.45) is 0 Å². The summed E-state index contributed by atoms with van der Waals surface area (Å²) >= 11 is 3.10. The molecule has 0 fully saturated rings. The minimum atomic E-state index is -1.09. The zero-order valence-corrected chi connectivity index (χ0v) is 8.26. The molecule has 0 unspecified atom stereocenters. The van der Waals surface area contributed by atoms with Gasteiger partial charge in [0.2, 0.25) is 0 Å².